The second-order valence-corrected chi connectivity index (χ2v) is 13.8. The molecule has 0 aliphatic heterocycles. The monoisotopic (exact) mass is 656 g/mol. The van der Waals surface area contributed by atoms with E-state index in [1.54, 1.807) is 0 Å². The van der Waals surface area contributed by atoms with Gasteiger partial charge in [-0.1, -0.05) is 166 Å². The molecule has 0 atom stereocenters. The molecular formula is C42H60N2O2S. The molecule has 4 nitrogen and oxygen atoms in total. The second kappa shape index (κ2) is 22.6. The van der Waals surface area contributed by atoms with E-state index in [4.69, 9.17) is 18.2 Å². The van der Waals surface area contributed by atoms with Gasteiger partial charge < -0.3 is 9.47 Å². The Morgan fingerprint density at radius 1 is 0.404 bits per heavy atom. The van der Waals surface area contributed by atoms with E-state index in [2.05, 4.69) is 74.5 Å². The minimum atomic E-state index is 0.786. The highest BCUT2D eigenvalue weighted by molar-refractivity contribution is 7.00. The Hall–Kier alpha value is -2.92. The predicted octanol–water partition coefficient (Wildman–Crippen LogP) is 13.6. The highest BCUT2D eigenvalue weighted by Gasteiger charge is 2.14. The summed E-state index contributed by atoms with van der Waals surface area (Å²) in [6.07, 6.45) is 26.7. The van der Waals surface area contributed by atoms with Gasteiger partial charge in [0.1, 0.15) is 22.5 Å². The number of nitrogens with zero attached hydrogens (tertiary/aromatic N) is 2. The Balaban J connectivity index is 1.18. The summed E-state index contributed by atoms with van der Waals surface area (Å²) in [5.74, 6) is 1.87. The van der Waals surface area contributed by atoms with Crippen LogP contribution >= 0.6 is 11.7 Å². The average molecular weight is 657 g/mol. The van der Waals surface area contributed by atoms with E-state index in [1.165, 1.54) is 127 Å². The first-order valence-electron chi connectivity index (χ1n) is 19.0. The molecule has 3 aromatic carbocycles. The van der Waals surface area contributed by atoms with Gasteiger partial charge in [0.15, 0.2) is 0 Å². The van der Waals surface area contributed by atoms with Gasteiger partial charge in [-0.25, -0.2) is 0 Å². The molecule has 4 aromatic rings. The summed E-state index contributed by atoms with van der Waals surface area (Å²) >= 11 is 1.28. The van der Waals surface area contributed by atoms with Crippen molar-refractivity contribution in [1.29, 1.82) is 0 Å². The molecule has 47 heavy (non-hydrogen) atoms. The van der Waals surface area contributed by atoms with Crippen molar-refractivity contribution in [3.63, 3.8) is 0 Å². The molecule has 0 amide bonds. The van der Waals surface area contributed by atoms with Crippen LogP contribution in [-0.4, -0.2) is 22.0 Å². The zero-order valence-corrected chi connectivity index (χ0v) is 30.3. The lowest BCUT2D eigenvalue weighted by atomic mass is 9.98. The quantitative estimate of drug-likeness (QED) is 0.0631. The van der Waals surface area contributed by atoms with E-state index in [-0.39, 0.29) is 0 Å². The summed E-state index contributed by atoms with van der Waals surface area (Å²) in [6.45, 7) is 6.13. The summed E-state index contributed by atoms with van der Waals surface area (Å²) < 4.78 is 21.5. The zero-order chi connectivity index (χ0) is 32.8. The minimum Gasteiger partial charge on any atom is -0.494 e. The summed E-state index contributed by atoms with van der Waals surface area (Å²) in [7, 11) is 0. The third-order valence-electron chi connectivity index (χ3n) is 9.28. The molecule has 0 aliphatic carbocycles. The van der Waals surface area contributed by atoms with Crippen molar-refractivity contribution in [3.05, 3.63) is 60.7 Å². The number of aromatic nitrogens is 2. The molecule has 5 heteroatoms. The highest BCUT2D eigenvalue weighted by atomic mass is 32.1. The van der Waals surface area contributed by atoms with Gasteiger partial charge in [-0.2, -0.15) is 8.75 Å². The van der Waals surface area contributed by atoms with Gasteiger partial charge in [0.2, 0.25) is 0 Å². The lowest BCUT2D eigenvalue weighted by Crippen LogP contribution is -1.97. The Kier molecular flexibility index (Phi) is 17.8. The van der Waals surface area contributed by atoms with Crippen LogP contribution in [0.25, 0.3) is 33.3 Å². The van der Waals surface area contributed by atoms with E-state index >= 15 is 0 Å². The minimum absolute atomic E-state index is 0.786. The summed E-state index contributed by atoms with van der Waals surface area (Å²) in [4.78, 5) is 0. The maximum absolute atomic E-state index is 6.06. The van der Waals surface area contributed by atoms with Crippen LogP contribution in [0.5, 0.6) is 11.5 Å². The smallest absolute Gasteiger partial charge is 0.119 e. The van der Waals surface area contributed by atoms with Crippen molar-refractivity contribution in [2.75, 3.05) is 13.2 Å². The van der Waals surface area contributed by atoms with Crippen molar-refractivity contribution in [2.45, 2.75) is 142 Å². The molecule has 0 N–H and O–H groups in total. The van der Waals surface area contributed by atoms with Gasteiger partial charge in [-0.05, 0) is 48.2 Å². The first-order chi connectivity index (χ1) is 23.3. The highest BCUT2D eigenvalue weighted by Crippen LogP contribution is 2.35. The molecule has 0 saturated carbocycles. The van der Waals surface area contributed by atoms with Crippen molar-refractivity contribution < 1.29 is 9.47 Å². The number of benzene rings is 3. The number of hydrogen-bond acceptors (Lipinski definition) is 5. The van der Waals surface area contributed by atoms with Crippen LogP contribution in [0.1, 0.15) is 142 Å². The summed E-state index contributed by atoms with van der Waals surface area (Å²) in [5, 5.41) is 0. The van der Waals surface area contributed by atoms with E-state index in [0.717, 1.165) is 70.8 Å². The molecule has 0 bridgehead atoms. The van der Waals surface area contributed by atoms with Crippen molar-refractivity contribution in [2.24, 2.45) is 0 Å². The van der Waals surface area contributed by atoms with Gasteiger partial charge in [0.25, 0.3) is 0 Å². The van der Waals surface area contributed by atoms with Gasteiger partial charge in [0, 0.05) is 11.1 Å². The van der Waals surface area contributed by atoms with E-state index < -0.39 is 0 Å². The fourth-order valence-corrected chi connectivity index (χ4v) is 6.93. The van der Waals surface area contributed by atoms with Crippen molar-refractivity contribution in [3.8, 4) is 33.8 Å². The molecule has 1 aromatic heterocycles. The molecule has 0 spiro atoms. The average Bonchev–Trinajstić information content (AvgIpc) is 3.60. The Morgan fingerprint density at radius 3 is 1.06 bits per heavy atom. The molecular weight excluding hydrogens is 597 g/mol. The molecule has 1 heterocycles. The summed E-state index contributed by atoms with van der Waals surface area (Å²) in [6, 6.07) is 21.2. The van der Waals surface area contributed by atoms with Crippen LogP contribution in [0, 0.1) is 0 Å². The van der Waals surface area contributed by atoms with Gasteiger partial charge in [0.05, 0.1) is 24.9 Å². The molecule has 0 saturated heterocycles. The molecule has 4 rings (SSSR count). The predicted molar refractivity (Wildman–Crippen MR) is 203 cm³/mol. The Labute approximate surface area is 290 Å². The Bertz CT molecular complexity index is 1260. The van der Waals surface area contributed by atoms with Gasteiger partial charge in [-0.15, -0.1) is 0 Å². The van der Waals surface area contributed by atoms with Crippen molar-refractivity contribution >= 4 is 22.8 Å². The van der Waals surface area contributed by atoms with Crippen LogP contribution in [0.2, 0.25) is 0 Å². The fraction of sp³-hybridized carbons (Fsp3) is 0.571. The molecule has 256 valence electrons. The lowest BCUT2D eigenvalue weighted by Gasteiger charge is -2.10. The molecule has 0 fully saturated rings. The SMILES string of the molecule is CCCCCCCCCCCCOc1ccc(-c2ccc(-c3ccc(OCCCCCCCCCCCC)cc3)c3nsnc23)cc1. The van der Waals surface area contributed by atoms with E-state index in [1.807, 2.05) is 0 Å². The van der Waals surface area contributed by atoms with Crippen LogP contribution in [0.4, 0.5) is 0 Å². The first-order valence-corrected chi connectivity index (χ1v) is 19.7. The molecule has 0 radical (unpaired) electrons. The summed E-state index contributed by atoms with van der Waals surface area (Å²) in [5.41, 5.74) is 6.39. The van der Waals surface area contributed by atoms with Crippen molar-refractivity contribution in [1.82, 2.24) is 8.75 Å². The lowest BCUT2D eigenvalue weighted by molar-refractivity contribution is 0.304. The van der Waals surface area contributed by atoms with Gasteiger partial charge in [-0.3, -0.25) is 0 Å². The Morgan fingerprint density at radius 2 is 0.723 bits per heavy atom. The zero-order valence-electron chi connectivity index (χ0n) is 29.4. The number of hydrogen-bond donors (Lipinski definition) is 0. The third-order valence-corrected chi connectivity index (χ3v) is 9.81. The van der Waals surface area contributed by atoms with Gasteiger partial charge >= 0.3 is 0 Å². The van der Waals surface area contributed by atoms with Crippen LogP contribution < -0.4 is 9.47 Å². The molecule has 0 unspecified atom stereocenters. The van der Waals surface area contributed by atoms with E-state index in [9.17, 15) is 0 Å². The fourth-order valence-electron chi connectivity index (χ4n) is 6.35. The number of rotatable bonds is 26. The maximum atomic E-state index is 6.06. The first kappa shape index (κ1) is 36.9. The molecule has 0 aliphatic rings. The third kappa shape index (κ3) is 13.2. The number of unbranched alkanes of at least 4 members (excludes halogenated alkanes) is 18. The standard InChI is InChI=1S/C42H60N2O2S/c1-3-5-7-9-11-13-15-17-19-21-33-45-37-27-23-35(24-28-37)39-31-32-40(42-41(39)43-47-44-42)36-25-29-38(30-26-36)46-34-22-20-18-16-14-12-10-8-6-4-2/h23-32H,3-22,33-34H2,1-2H3. The topological polar surface area (TPSA) is 44.2 Å². The number of fused-ring (bicyclic) bond motifs is 1. The van der Waals surface area contributed by atoms with Crippen LogP contribution in [0.15, 0.2) is 60.7 Å². The van der Waals surface area contributed by atoms with E-state index in [0.29, 0.717) is 0 Å². The number of ether oxygens (including phenoxy) is 2. The maximum Gasteiger partial charge on any atom is 0.119 e. The normalized spacial score (nSPS) is 11.4. The van der Waals surface area contributed by atoms with Crippen LogP contribution in [0.3, 0.4) is 0 Å². The van der Waals surface area contributed by atoms with Crippen LogP contribution in [-0.2, 0) is 0 Å². The largest absolute Gasteiger partial charge is 0.494 e. The second-order valence-electron chi connectivity index (χ2n) is 13.2.